The van der Waals surface area contributed by atoms with Crippen LogP contribution in [0, 0.1) is 0 Å². The van der Waals surface area contributed by atoms with Crippen LogP contribution >= 0.6 is 0 Å². The number of ketones is 1. The van der Waals surface area contributed by atoms with E-state index in [9.17, 15) is 14.7 Å². The predicted molar refractivity (Wildman–Crippen MR) is 94.1 cm³/mol. The fourth-order valence-corrected chi connectivity index (χ4v) is 2.73. The van der Waals surface area contributed by atoms with Crippen LogP contribution in [0.1, 0.15) is 49.0 Å². The van der Waals surface area contributed by atoms with E-state index in [1.165, 1.54) is 5.56 Å². The summed E-state index contributed by atoms with van der Waals surface area (Å²) in [6, 6.07) is 11.9. The molecule has 0 aliphatic heterocycles. The number of ether oxygens (including phenoxy) is 1. The van der Waals surface area contributed by atoms with Crippen LogP contribution in [0.5, 0.6) is 0 Å². The highest BCUT2D eigenvalue weighted by Crippen LogP contribution is 2.20. The van der Waals surface area contributed by atoms with E-state index in [1.807, 2.05) is 30.3 Å². The molecule has 0 aromatic heterocycles. The molecule has 4 nitrogen and oxygen atoms in total. The first-order chi connectivity index (χ1) is 11.5. The highest BCUT2D eigenvalue weighted by Gasteiger charge is 2.11. The maximum atomic E-state index is 11.4. The number of carbonyl (C=O) groups excluding carboxylic acids is 2. The van der Waals surface area contributed by atoms with Gasteiger partial charge in [-0.1, -0.05) is 30.3 Å². The Hall–Kier alpha value is -2.20. The standard InChI is InChI=1S/C20H24O4/c1-3-24-20(23)13-19(22)6-4-5-15-7-8-18-12-16(14(2)21)9-10-17(18)11-15/h7-12,19,22H,3-6,13H2,1-2H3. The summed E-state index contributed by atoms with van der Waals surface area (Å²) in [6.07, 6.45) is 1.61. The number of benzene rings is 2. The molecule has 0 saturated heterocycles. The van der Waals surface area contributed by atoms with Gasteiger partial charge >= 0.3 is 5.97 Å². The van der Waals surface area contributed by atoms with Crippen molar-refractivity contribution in [1.29, 1.82) is 0 Å². The minimum Gasteiger partial charge on any atom is -0.466 e. The Labute approximate surface area is 142 Å². The average molecular weight is 328 g/mol. The van der Waals surface area contributed by atoms with E-state index in [-0.39, 0.29) is 18.2 Å². The van der Waals surface area contributed by atoms with Gasteiger partial charge in [0.15, 0.2) is 5.78 Å². The molecule has 0 amide bonds. The number of aliphatic hydroxyl groups excluding tert-OH is 1. The molecule has 0 spiro atoms. The van der Waals surface area contributed by atoms with Crippen molar-refractivity contribution in [1.82, 2.24) is 0 Å². The molecule has 4 heteroatoms. The van der Waals surface area contributed by atoms with Crippen LogP contribution in [0.2, 0.25) is 0 Å². The van der Waals surface area contributed by atoms with Gasteiger partial charge in [-0.05, 0) is 55.5 Å². The van der Waals surface area contributed by atoms with E-state index in [1.54, 1.807) is 13.8 Å². The van der Waals surface area contributed by atoms with Crippen LogP contribution in [0.25, 0.3) is 10.8 Å². The van der Waals surface area contributed by atoms with E-state index in [0.717, 1.165) is 29.2 Å². The Morgan fingerprint density at radius 1 is 1.12 bits per heavy atom. The van der Waals surface area contributed by atoms with Crippen molar-refractivity contribution in [2.24, 2.45) is 0 Å². The molecule has 2 aromatic rings. The zero-order valence-electron chi connectivity index (χ0n) is 14.2. The fourth-order valence-electron chi connectivity index (χ4n) is 2.73. The highest BCUT2D eigenvalue weighted by atomic mass is 16.5. The zero-order chi connectivity index (χ0) is 17.5. The first-order valence-electron chi connectivity index (χ1n) is 8.37. The lowest BCUT2D eigenvalue weighted by atomic mass is 9.99. The summed E-state index contributed by atoms with van der Waals surface area (Å²) < 4.78 is 4.83. The molecule has 0 aliphatic rings. The van der Waals surface area contributed by atoms with E-state index < -0.39 is 6.10 Å². The zero-order valence-corrected chi connectivity index (χ0v) is 14.2. The van der Waals surface area contributed by atoms with Gasteiger partial charge in [0.2, 0.25) is 0 Å². The molecule has 2 aromatic carbocycles. The molecular formula is C20H24O4. The van der Waals surface area contributed by atoms with Gasteiger partial charge < -0.3 is 9.84 Å². The minimum absolute atomic E-state index is 0.0549. The van der Waals surface area contributed by atoms with Crippen molar-refractivity contribution in [3.05, 3.63) is 47.5 Å². The molecular weight excluding hydrogens is 304 g/mol. The second-order valence-electron chi connectivity index (χ2n) is 6.01. The van der Waals surface area contributed by atoms with Crippen molar-refractivity contribution in [3.8, 4) is 0 Å². The van der Waals surface area contributed by atoms with Crippen molar-refractivity contribution >= 4 is 22.5 Å². The van der Waals surface area contributed by atoms with Crippen LogP contribution in [0.15, 0.2) is 36.4 Å². The molecule has 0 bridgehead atoms. The largest absolute Gasteiger partial charge is 0.466 e. The minimum atomic E-state index is -0.650. The third-order valence-corrected chi connectivity index (χ3v) is 4.02. The van der Waals surface area contributed by atoms with Crippen LogP contribution < -0.4 is 0 Å². The Kier molecular flexibility index (Phi) is 6.50. The molecule has 0 saturated carbocycles. The van der Waals surface area contributed by atoms with E-state index >= 15 is 0 Å². The van der Waals surface area contributed by atoms with Gasteiger partial charge in [-0.3, -0.25) is 9.59 Å². The normalized spacial score (nSPS) is 12.1. The molecule has 0 aliphatic carbocycles. The second kappa shape index (κ2) is 8.60. The third kappa shape index (κ3) is 5.17. The van der Waals surface area contributed by atoms with Crippen LogP contribution in [0.3, 0.4) is 0 Å². The first-order valence-corrected chi connectivity index (χ1v) is 8.37. The third-order valence-electron chi connectivity index (χ3n) is 4.02. The number of fused-ring (bicyclic) bond motifs is 1. The summed E-state index contributed by atoms with van der Waals surface area (Å²) in [4.78, 5) is 22.7. The summed E-state index contributed by atoms with van der Waals surface area (Å²) in [5.74, 6) is -0.284. The Morgan fingerprint density at radius 3 is 2.54 bits per heavy atom. The number of esters is 1. The number of aryl methyl sites for hydroxylation is 1. The topological polar surface area (TPSA) is 63.6 Å². The number of hydrogen-bond acceptors (Lipinski definition) is 4. The van der Waals surface area contributed by atoms with Crippen LogP contribution in [-0.2, 0) is 16.0 Å². The number of carbonyl (C=O) groups is 2. The number of rotatable bonds is 8. The maximum absolute atomic E-state index is 11.4. The van der Waals surface area contributed by atoms with Crippen LogP contribution in [-0.4, -0.2) is 29.6 Å². The molecule has 0 fully saturated rings. The van der Waals surface area contributed by atoms with Gasteiger partial charge in [-0.15, -0.1) is 0 Å². The molecule has 1 atom stereocenters. The Balaban J connectivity index is 1.90. The van der Waals surface area contributed by atoms with Gasteiger partial charge in [-0.2, -0.15) is 0 Å². The molecule has 2 rings (SSSR count). The van der Waals surface area contributed by atoms with Crippen molar-refractivity contribution in [2.45, 2.75) is 45.6 Å². The molecule has 0 radical (unpaired) electrons. The van der Waals surface area contributed by atoms with Gasteiger partial charge in [-0.25, -0.2) is 0 Å². The van der Waals surface area contributed by atoms with Gasteiger partial charge in [0.05, 0.1) is 19.1 Å². The quantitative estimate of drug-likeness (QED) is 0.593. The van der Waals surface area contributed by atoms with E-state index in [0.29, 0.717) is 13.0 Å². The molecule has 1 unspecified atom stereocenters. The summed E-state index contributed by atoms with van der Waals surface area (Å²) in [5, 5.41) is 12.0. The van der Waals surface area contributed by atoms with Crippen molar-refractivity contribution in [2.75, 3.05) is 6.61 Å². The highest BCUT2D eigenvalue weighted by molar-refractivity contribution is 5.98. The fraction of sp³-hybridized carbons (Fsp3) is 0.400. The smallest absolute Gasteiger partial charge is 0.308 e. The predicted octanol–water partition coefficient (Wildman–Crippen LogP) is 3.68. The van der Waals surface area contributed by atoms with Crippen molar-refractivity contribution < 1.29 is 19.4 Å². The molecule has 24 heavy (non-hydrogen) atoms. The van der Waals surface area contributed by atoms with Gasteiger partial charge in [0.1, 0.15) is 0 Å². The second-order valence-corrected chi connectivity index (χ2v) is 6.01. The number of hydrogen-bond donors (Lipinski definition) is 1. The average Bonchev–Trinajstić information content (AvgIpc) is 2.54. The van der Waals surface area contributed by atoms with E-state index in [2.05, 4.69) is 6.07 Å². The van der Waals surface area contributed by atoms with Crippen molar-refractivity contribution in [3.63, 3.8) is 0 Å². The summed E-state index contributed by atoms with van der Waals surface area (Å²) >= 11 is 0. The molecule has 128 valence electrons. The van der Waals surface area contributed by atoms with Gasteiger partial charge in [0, 0.05) is 5.56 Å². The lowest BCUT2D eigenvalue weighted by molar-refractivity contribution is -0.145. The van der Waals surface area contributed by atoms with Crippen LogP contribution in [0.4, 0.5) is 0 Å². The molecule has 0 heterocycles. The summed E-state index contributed by atoms with van der Waals surface area (Å²) in [7, 11) is 0. The maximum Gasteiger partial charge on any atom is 0.308 e. The first kappa shape index (κ1) is 18.1. The number of aliphatic hydroxyl groups is 1. The lowest BCUT2D eigenvalue weighted by Crippen LogP contribution is -2.15. The summed E-state index contributed by atoms with van der Waals surface area (Å²) in [5.41, 5.74) is 1.90. The number of Topliss-reactive ketones (excluding diaryl/α,β-unsaturated/α-hetero) is 1. The monoisotopic (exact) mass is 328 g/mol. The SMILES string of the molecule is CCOC(=O)CC(O)CCCc1ccc2cc(C(C)=O)ccc2c1. The molecule has 1 N–H and O–H groups in total. The Bertz CT molecular complexity index is 721. The Morgan fingerprint density at radius 2 is 1.83 bits per heavy atom. The lowest BCUT2D eigenvalue weighted by Gasteiger charge is -2.10. The summed E-state index contributed by atoms with van der Waals surface area (Å²) in [6.45, 7) is 3.66. The van der Waals surface area contributed by atoms with Gasteiger partial charge in [0.25, 0.3) is 0 Å². The van der Waals surface area contributed by atoms with E-state index in [4.69, 9.17) is 4.74 Å².